The van der Waals surface area contributed by atoms with E-state index in [-0.39, 0.29) is 43.0 Å². The molecular weight excluding hydrogens is 420 g/mol. The van der Waals surface area contributed by atoms with E-state index in [1.165, 1.54) is 16.4 Å². The summed E-state index contributed by atoms with van der Waals surface area (Å²) in [5.41, 5.74) is 2.02. The maximum Gasteiger partial charge on any atom is 0.321 e. The second kappa shape index (κ2) is 8.20. The summed E-state index contributed by atoms with van der Waals surface area (Å²) in [5.74, 6) is 0.110. The number of sulfonamides is 1. The van der Waals surface area contributed by atoms with Gasteiger partial charge in [-0.2, -0.15) is 4.31 Å². The number of carbonyl (C=O) groups excluding carboxylic acids is 2. The predicted molar refractivity (Wildman–Crippen MR) is 116 cm³/mol. The number of urea groups is 1. The number of piperazine rings is 1. The first-order valence-electron chi connectivity index (χ1n) is 9.99. The Morgan fingerprint density at radius 3 is 2.55 bits per heavy atom. The van der Waals surface area contributed by atoms with Crippen LogP contribution in [0.5, 0.6) is 5.75 Å². The third-order valence-electron chi connectivity index (χ3n) is 5.43. The monoisotopic (exact) mass is 444 g/mol. The van der Waals surface area contributed by atoms with Crippen LogP contribution in [-0.2, 0) is 14.8 Å². The Morgan fingerprint density at radius 1 is 1.13 bits per heavy atom. The zero-order valence-electron chi connectivity index (χ0n) is 17.3. The van der Waals surface area contributed by atoms with Gasteiger partial charge in [0, 0.05) is 31.9 Å². The van der Waals surface area contributed by atoms with E-state index in [1.807, 2.05) is 31.2 Å². The van der Waals surface area contributed by atoms with Crippen LogP contribution in [0.1, 0.15) is 12.5 Å². The van der Waals surface area contributed by atoms with Gasteiger partial charge in [-0.3, -0.25) is 4.79 Å². The van der Waals surface area contributed by atoms with Crippen LogP contribution in [0, 0.1) is 6.92 Å². The molecule has 0 aliphatic carbocycles. The van der Waals surface area contributed by atoms with Gasteiger partial charge >= 0.3 is 6.03 Å². The zero-order valence-corrected chi connectivity index (χ0v) is 18.1. The lowest BCUT2D eigenvalue weighted by molar-refractivity contribution is -0.122. The lowest BCUT2D eigenvalue weighted by atomic mass is 10.2. The molecule has 1 unspecified atom stereocenters. The van der Waals surface area contributed by atoms with Crippen molar-refractivity contribution in [1.29, 1.82) is 0 Å². The van der Waals surface area contributed by atoms with Gasteiger partial charge in [-0.1, -0.05) is 18.2 Å². The van der Waals surface area contributed by atoms with Crippen LogP contribution in [0.15, 0.2) is 47.4 Å². The molecule has 1 atom stereocenters. The topological polar surface area (TPSA) is 108 Å². The summed E-state index contributed by atoms with van der Waals surface area (Å²) in [4.78, 5) is 26.1. The van der Waals surface area contributed by atoms with Crippen LogP contribution in [-0.4, -0.2) is 61.8 Å². The molecule has 1 saturated heterocycles. The van der Waals surface area contributed by atoms with Crippen LogP contribution >= 0.6 is 0 Å². The molecule has 2 N–H and O–H groups in total. The first kappa shape index (κ1) is 21.1. The molecule has 2 aromatic carbocycles. The van der Waals surface area contributed by atoms with Crippen molar-refractivity contribution in [2.24, 2.45) is 0 Å². The number of rotatable bonds is 3. The Bertz CT molecular complexity index is 1130. The average molecular weight is 445 g/mol. The number of ether oxygens (including phenoxy) is 1. The van der Waals surface area contributed by atoms with Gasteiger partial charge in [0.05, 0.1) is 10.6 Å². The number of hydrogen-bond acceptors (Lipinski definition) is 5. The molecule has 0 radical (unpaired) electrons. The van der Waals surface area contributed by atoms with Gasteiger partial charge in [0.15, 0.2) is 6.10 Å². The van der Waals surface area contributed by atoms with Crippen LogP contribution in [0.4, 0.5) is 16.2 Å². The Balaban J connectivity index is 1.42. The van der Waals surface area contributed by atoms with Crippen molar-refractivity contribution in [3.8, 4) is 5.75 Å². The van der Waals surface area contributed by atoms with E-state index in [0.717, 1.165) is 11.3 Å². The molecule has 0 spiro atoms. The maximum atomic E-state index is 13.1. The molecule has 164 valence electrons. The Morgan fingerprint density at radius 2 is 1.84 bits per heavy atom. The fourth-order valence-corrected chi connectivity index (χ4v) is 4.99. The number of fused-ring (bicyclic) bond motifs is 1. The summed E-state index contributed by atoms with van der Waals surface area (Å²) in [6, 6.07) is 11.6. The summed E-state index contributed by atoms with van der Waals surface area (Å²) in [5, 5.41) is 5.54. The summed E-state index contributed by atoms with van der Waals surface area (Å²) in [7, 11) is -3.77. The quantitative estimate of drug-likeness (QED) is 0.755. The molecule has 2 heterocycles. The average Bonchev–Trinajstić information content (AvgIpc) is 2.76. The van der Waals surface area contributed by atoms with Gasteiger partial charge in [0.1, 0.15) is 5.75 Å². The van der Waals surface area contributed by atoms with E-state index in [4.69, 9.17) is 4.74 Å². The van der Waals surface area contributed by atoms with E-state index < -0.39 is 16.1 Å². The second-order valence-electron chi connectivity index (χ2n) is 7.54. The lowest BCUT2D eigenvalue weighted by Crippen LogP contribution is -2.51. The second-order valence-corrected chi connectivity index (χ2v) is 9.48. The number of hydrogen-bond donors (Lipinski definition) is 2. The highest BCUT2D eigenvalue weighted by Crippen LogP contribution is 2.33. The van der Waals surface area contributed by atoms with Crippen LogP contribution in [0.2, 0.25) is 0 Å². The third-order valence-corrected chi connectivity index (χ3v) is 7.33. The summed E-state index contributed by atoms with van der Waals surface area (Å²) >= 11 is 0. The number of nitrogens with one attached hydrogen (secondary N) is 2. The number of benzene rings is 2. The Hall–Kier alpha value is -3.11. The first-order chi connectivity index (χ1) is 14.8. The zero-order chi connectivity index (χ0) is 22.2. The summed E-state index contributed by atoms with van der Waals surface area (Å²) in [6.45, 7) is 4.45. The van der Waals surface area contributed by atoms with E-state index in [2.05, 4.69) is 10.6 Å². The third kappa shape index (κ3) is 4.21. The number of amides is 3. The standard InChI is InChI=1S/C21H24N4O5S/c1-14-5-3-4-6-17(14)23-21(27)24-9-11-25(12-10-24)31(28,29)16-7-8-19-18(13-16)22-20(26)15(2)30-19/h3-8,13,15H,9-12H2,1-2H3,(H,22,26)(H,23,27). The first-order valence-corrected chi connectivity index (χ1v) is 11.4. The number of aryl methyl sites for hydroxylation is 1. The highest BCUT2D eigenvalue weighted by Gasteiger charge is 2.32. The van der Waals surface area contributed by atoms with Gasteiger partial charge in [-0.15, -0.1) is 0 Å². The lowest BCUT2D eigenvalue weighted by Gasteiger charge is -2.34. The van der Waals surface area contributed by atoms with Gasteiger partial charge in [-0.05, 0) is 43.7 Å². The number of nitrogens with zero attached hydrogens (tertiary/aromatic N) is 2. The molecule has 1 fully saturated rings. The minimum atomic E-state index is -3.77. The van der Waals surface area contributed by atoms with Crippen molar-refractivity contribution in [3.63, 3.8) is 0 Å². The molecule has 2 aliphatic heterocycles. The highest BCUT2D eigenvalue weighted by atomic mass is 32.2. The van der Waals surface area contributed by atoms with Crippen molar-refractivity contribution < 1.29 is 22.7 Å². The molecule has 9 nitrogen and oxygen atoms in total. The van der Waals surface area contributed by atoms with Crippen molar-refractivity contribution in [1.82, 2.24) is 9.21 Å². The number of para-hydroxylation sites is 1. The maximum absolute atomic E-state index is 13.1. The number of carbonyl (C=O) groups is 2. The number of anilines is 2. The van der Waals surface area contributed by atoms with Crippen molar-refractivity contribution >= 4 is 33.3 Å². The van der Waals surface area contributed by atoms with Gasteiger partial charge in [0.2, 0.25) is 10.0 Å². The van der Waals surface area contributed by atoms with E-state index in [0.29, 0.717) is 11.4 Å². The molecule has 3 amide bonds. The molecule has 0 bridgehead atoms. The fourth-order valence-electron chi connectivity index (χ4n) is 3.54. The highest BCUT2D eigenvalue weighted by molar-refractivity contribution is 7.89. The smallest absolute Gasteiger partial charge is 0.321 e. The predicted octanol–water partition coefficient (Wildman–Crippen LogP) is 2.25. The van der Waals surface area contributed by atoms with Crippen LogP contribution < -0.4 is 15.4 Å². The minimum Gasteiger partial charge on any atom is -0.479 e. The molecular formula is C21H24N4O5S. The van der Waals surface area contributed by atoms with Crippen molar-refractivity contribution in [2.75, 3.05) is 36.8 Å². The van der Waals surface area contributed by atoms with Gasteiger partial charge in [-0.25, -0.2) is 13.2 Å². The summed E-state index contributed by atoms with van der Waals surface area (Å²) in [6.07, 6.45) is -0.631. The molecule has 10 heteroatoms. The Kier molecular flexibility index (Phi) is 5.59. The van der Waals surface area contributed by atoms with Crippen molar-refractivity contribution in [3.05, 3.63) is 48.0 Å². The van der Waals surface area contributed by atoms with Crippen LogP contribution in [0.3, 0.4) is 0 Å². The van der Waals surface area contributed by atoms with Gasteiger partial charge < -0.3 is 20.3 Å². The van der Waals surface area contributed by atoms with Crippen LogP contribution in [0.25, 0.3) is 0 Å². The normalized spacial score (nSPS) is 19.2. The van der Waals surface area contributed by atoms with E-state index in [1.54, 1.807) is 17.9 Å². The molecule has 0 aromatic heterocycles. The molecule has 4 rings (SSSR count). The fraction of sp³-hybridized carbons (Fsp3) is 0.333. The molecule has 2 aliphatic rings. The molecule has 0 saturated carbocycles. The minimum absolute atomic E-state index is 0.0718. The van der Waals surface area contributed by atoms with E-state index >= 15 is 0 Å². The SMILES string of the molecule is Cc1ccccc1NC(=O)N1CCN(S(=O)(=O)c2ccc3c(c2)NC(=O)C(C)O3)CC1. The Labute approximate surface area is 181 Å². The summed E-state index contributed by atoms with van der Waals surface area (Å²) < 4.78 is 33.0. The molecule has 31 heavy (non-hydrogen) atoms. The largest absolute Gasteiger partial charge is 0.479 e. The van der Waals surface area contributed by atoms with Gasteiger partial charge in [0.25, 0.3) is 5.91 Å². The van der Waals surface area contributed by atoms with Crippen molar-refractivity contribution in [2.45, 2.75) is 24.8 Å². The van der Waals surface area contributed by atoms with E-state index in [9.17, 15) is 18.0 Å². The molecule has 2 aromatic rings.